The molecule has 3 rings (SSSR count). The third-order valence-corrected chi connectivity index (χ3v) is 11.0. The van der Waals surface area contributed by atoms with E-state index in [0.717, 1.165) is 29.8 Å². The van der Waals surface area contributed by atoms with Gasteiger partial charge in [-0.1, -0.05) is 76.2 Å². The molecule has 0 bridgehead atoms. The fraction of sp³-hybridized carbons (Fsp3) is 0.596. The number of carbonyl (C=O) groups excluding carboxylic acids is 7. The maximum Gasteiger partial charge on any atom is 0.243 e. The molecular weight excluding hydrogens is 803 g/mol. The van der Waals surface area contributed by atoms with E-state index in [9.17, 15) is 33.6 Å². The van der Waals surface area contributed by atoms with Crippen LogP contribution >= 0.6 is 0 Å². The van der Waals surface area contributed by atoms with Gasteiger partial charge in [0.2, 0.25) is 41.4 Å². The molecule has 348 valence electrons. The lowest BCUT2D eigenvalue weighted by atomic mass is 10.0. The highest BCUT2D eigenvalue weighted by molar-refractivity contribution is 5.96. The number of unbranched alkanes of at least 4 members (excludes halogenated alkanes) is 1. The predicted molar refractivity (Wildman–Crippen MR) is 245 cm³/mol. The molecule has 7 N–H and O–H groups in total. The van der Waals surface area contributed by atoms with E-state index >= 15 is 0 Å². The number of nitrogens with one attached hydrogen (secondary N) is 7. The molecule has 0 aromatic heterocycles. The Hall–Kier alpha value is -5.51. The summed E-state index contributed by atoms with van der Waals surface area (Å²) in [5, 5.41) is 20.1. The summed E-state index contributed by atoms with van der Waals surface area (Å²) >= 11 is 0. The van der Waals surface area contributed by atoms with Gasteiger partial charge in [0.25, 0.3) is 0 Å². The van der Waals surface area contributed by atoms with Gasteiger partial charge >= 0.3 is 0 Å². The maximum absolute atomic E-state index is 14.2. The number of anilines is 1. The van der Waals surface area contributed by atoms with Crippen LogP contribution in [0.1, 0.15) is 97.1 Å². The van der Waals surface area contributed by atoms with Crippen molar-refractivity contribution in [2.75, 3.05) is 46.1 Å². The number of rotatable bonds is 26. The van der Waals surface area contributed by atoms with Crippen molar-refractivity contribution in [3.8, 4) is 0 Å². The highest BCUT2D eigenvalue weighted by Gasteiger charge is 2.35. The second-order valence-electron chi connectivity index (χ2n) is 17.6. The van der Waals surface area contributed by atoms with Gasteiger partial charge < -0.3 is 47.0 Å². The van der Waals surface area contributed by atoms with Gasteiger partial charge in [0, 0.05) is 32.7 Å². The summed E-state index contributed by atoms with van der Waals surface area (Å²) in [5.41, 5.74) is 2.70. The summed E-state index contributed by atoms with van der Waals surface area (Å²) in [6.07, 6.45) is 4.13. The summed E-state index contributed by atoms with van der Waals surface area (Å²) in [6, 6.07) is 12.5. The zero-order valence-electron chi connectivity index (χ0n) is 38.7. The Morgan fingerprint density at radius 3 is 1.90 bits per heavy atom. The van der Waals surface area contributed by atoms with Gasteiger partial charge in [-0.15, -0.1) is 0 Å². The Morgan fingerprint density at radius 2 is 1.29 bits per heavy atom. The molecule has 1 aliphatic heterocycles. The van der Waals surface area contributed by atoms with Crippen LogP contribution in [-0.4, -0.2) is 122 Å². The van der Waals surface area contributed by atoms with Gasteiger partial charge in [-0.05, 0) is 107 Å². The van der Waals surface area contributed by atoms with Crippen molar-refractivity contribution in [1.82, 2.24) is 41.7 Å². The van der Waals surface area contributed by atoms with Crippen LogP contribution in [0, 0.1) is 11.8 Å². The molecule has 16 nitrogen and oxygen atoms in total. The lowest BCUT2D eigenvalue weighted by Gasteiger charge is -2.27. The SMILES string of the molecule is CNc1ccccc1CNC(=O)[C@H](CC(C)C)NC(=O)[C@H](CCCCN(C)C)NC(=O)C(CCc1ccccc1)NC(=O)CNC(=O)[C@H](CC(C)C)NC(=O)[C@@H]1CCCN1C(C)=O. The van der Waals surface area contributed by atoms with E-state index in [1.54, 1.807) is 7.05 Å². The minimum absolute atomic E-state index is 0.0253. The van der Waals surface area contributed by atoms with Crippen LogP contribution in [-0.2, 0) is 46.5 Å². The van der Waals surface area contributed by atoms with Gasteiger partial charge in [-0.25, -0.2) is 0 Å². The minimum atomic E-state index is -1.08. The van der Waals surface area contributed by atoms with Crippen LogP contribution in [0.4, 0.5) is 5.69 Å². The normalized spacial score (nSPS) is 15.5. The second-order valence-corrected chi connectivity index (χ2v) is 17.6. The van der Waals surface area contributed by atoms with Crippen LogP contribution in [0.2, 0.25) is 0 Å². The molecule has 0 spiro atoms. The van der Waals surface area contributed by atoms with Crippen molar-refractivity contribution >= 4 is 47.0 Å². The molecular formula is C47H73N9O7. The molecule has 2 aromatic carbocycles. The second kappa shape index (κ2) is 26.8. The van der Waals surface area contributed by atoms with Crippen LogP contribution in [0.25, 0.3) is 0 Å². The molecule has 2 aromatic rings. The lowest BCUT2D eigenvalue weighted by molar-refractivity contribution is -0.138. The first-order valence-corrected chi connectivity index (χ1v) is 22.5. The van der Waals surface area contributed by atoms with Gasteiger partial charge in [-0.2, -0.15) is 0 Å². The molecule has 5 atom stereocenters. The smallest absolute Gasteiger partial charge is 0.243 e. The van der Waals surface area contributed by atoms with Crippen molar-refractivity contribution in [3.63, 3.8) is 0 Å². The van der Waals surface area contributed by atoms with Crippen LogP contribution in [0.3, 0.4) is 0 Å². The Morgan fingerprint density at radius 1 is 0.698 bits per heavy atom. The Kier molecular flexibility index (Phi) is 22.1. The first-order chi connectivity index (χ1) is 30.0. The molecule has 0 aliphatic carbocycles. The van der Waals surface area contributed by atoms with E-state index < -0.39 is 66.3 Å². The first-order valence-electron chi connectivity index (χ1n) is 22.5. The summed E-state index contributed by atoms with van der Waals surface area (Å²) in [7, 11) is 5.72. The molecule has 1 aliphatic rings. The van der Waals surface area contributed by atoms with E-state index in [1.165, 1.54) is 11.8 Å². The topological polar surface area (TPSA) is 210 Å². The van der Waals surface area contributed by atoms with Crippen LogP contribution in [0.15, 0.2) is 54.6 Å². The predicted octanol–water partition coefficient (Wildman–Crippen LogP) is 2.87. The van der Waals surface area contributed by atoms with E-state index in [0.29, 0.717) is 51.5 Å². The number of hydrogen-bond donors (Lipinski definition) is 7. The van der Waals surface area contributed by atoms with Crippen molar-refractivity contribution in [2.24, 2.45) is 11.8 Å². The Balaban J connectivity index is 1.77. The van der Waals surface area contributed by atoms with Crippen molar-refractivity contribution < 1.29 is 33.6 Å². The number of amides is 7. The average molecular weight is 876 g/mol. The number of likely N-dealkylation sites (tertiary alicyclic amines) is 1. The third kappa shape index (κ3) is 18.4. The van der Waals surface area contributed by atoms with Crippen LogP contribution < -0.4 is 37.2 Å². The van der Waals surface area contributed by atoms with Crippen LogP contribution in [0.5, 0.6) is 0 Å². The highest BCUT2D eigenvalue weighted by Crippen LogP contribution is 2.19. The van der Waals surface area contributed by atoms with Gasteiger partial charge in [0.15, 0.2) is 0 Å². The maximum atomic E-state index is 14.2. The van der Waals surface area contributed by atoms with Crippen molar-refractivity contribution in [1.29, 1.82) is 0 Å². The van der Waals surface area contributed by atoms with E-state index in [-0.39, 0.29) is 36.6 Å². The number of para-hydroxylation sites is 1. The molecule has 1 fully saturated rings. The molecule has 1 unspecified atom stereocenters. The summed E-state index contributed by atoms with van der Waals surface area (Å²) in [4.78, 5) is 97.8. The minimum Gasteiger partial charge on any atom is -0.388 e. The summed E-state index contributed by atoms with van der Waals surface area (Å²) in [5.74, 6) is -3.17. The molecule has 7 amide bonds. The fourth-order valence-corrected chi connectivity index (χ4v) is 7.66. The fourth-order valence-electron chi connectivity index (χ4n) is 7.66. The van der Waals surface area contributed by atoms with Gasteiger partial charge in [-0.3, -0.25) is 33.6 Å². The molecule has 63 heavy (non-hydrogen) atoms. The largest absolute Gasteiger partial charge is 0.388 e. The highest BCUT2D eigenvalue weighted by atomic mass is 16.2. The standard InChI is InChI=1S/C47H73N9O7/c1-31(2)27-39(43(59)49-29-35-19-12-13-20-36(35)48-6)53-45(61)37(21-14-15-25-55(7)8)52-46(62)38(24-23-34-17-10-9-11-18-34)51-42(58)30-50-44(60)40(28-32(3)4)54-47(63)41-22-16-26-56(41)33(5)57/h9-13,17-20,31-32,37-41,48H,14-16,21-30H2,1-8H3,(H,49,59)(H,50,60)(H,51,58)(H,52,62)(H,53,61)(H,54,63)/t37-,38?,39-,40-,41-/m0/s1. The number of carbonyl (C=O) groups is 7. The van der Waals surface area contributed by atoms with E-state index in [2.05, 4.69) is 37.2 Å². The summed E-state index contributed by atoms with van der Waals surface area (Å²) < 4.78 is 0. The van der Waals surface area contributed by atoms with Crippen molar-refractivity contribution in [3.05, 3.63) is 65.7 Å². The molecule has 0 radical (unpaired) electrons. The average Bonchev–Trinajstić information content (AvgIpc) is 3.75. The van der Waals surface area contributed by atoms with Gasteiger partial charge in [0.05, 0.1) is 6.54 Å². The number of aryl methyl sites for hydroxylation is 1. The van der Waals surface area contributed by atoms with E-state index in [4.69, 9.17) is 0 Å². The quantitative estimate of drug-likeness (QED) is 0.0693. The first kappa shape index (κ1) is 51.8. The number of nitrogens with zero attached hydrogens (tertiary/aromatic N) is 2. The number of benzene rings is 2. The number of hydrogen-bond acceptors (Lipinski definition) is 9. The molecule has 1 saturated heterocycles. The zero-order chi connectivity index (χ0) is 46.5. The lowest BCUT2D eigenvalue weighted by Crippen LogP contribution is -2.57. The summed E-state index contributed by atoms with van der Waals surface area (Å²) in [6.45, 7) is 10.2. The zero-order valence-corrected chi connectivity index (χ0v) is 38.7. The Bertz CT molecular complexity index is 1810. The molecule has 0 saturated carbocycles. The van der Waals surface area contributed by atoms with E-state index in [1.807, 2.05) is 101 Å². The Labute approximate surface area is 374 Å². The molecule has 16 heteroatoms. The van der Waals surface area contributed by atoms with Crippen molar-refractivity contribution in [2.45, 2.75) is 129 Å². The molecule has 1 heterocycles. The third-order valence-electron chi connectivity index (χ3n) is 11.0. The van der Waals surface area contributed by atoms with Gasteiger partial charge in [0.1, 0.15) is 30.2 Å². The monoisotopic (exact) mass is 876 g/mol.